The van der Waals surface area contributed by atoms with E-state index in [4.69, 9.17) is 21.9 Å². The molecule has 0 aliphatic rings. The van der Waals surface area contributed by atoms with Gasteiger partial charge >= 0.3 is 0 Å². The molecule has 0 fully saturated rings. The van der Waals surface area contributed by atoms with Crippen LogP contribution in [0.4, 0.5) is 17.7 Å². The molecule has 0 unspecified atom stereocenters. The Labute approximate surface area is 155 Å². The lowest BCUT2D eigenvalue weighted by Crippen LogP contribution is -2.09. The monoisotopic (exact) mass is 361 g/mol. The highest BCUT2D eigenvalue weighted by molar-refractivity contribution is 5.92. The van der Waals surface area contributed by atoms with Crippen LogP contribution in [0.2, 0.25) is 0 Å². The highest BCUT2D eigenvalue weighted by atomic mass is 16.5. The van der Waals surface area contributed by atoms with Gasteiger partial charge < -0.3 is 21.9 Å². The van der Waals surface area contributed by atoms with Crippen LogP contribution in [-0.4, -0.2) is 26.5 Å². The van der Waals surface area contributed by atoms with Crippen molar-refractivity contribution in [3.63, 3.8) is 0 Å². The SMILES string of the molecule is CCOc1ccc2ccccc2c1Cc1nc(N)nc2nc(N)nc(N)c12. The number of aromatic nitrogens is 4. The number of benzene rings is 2. The van der Waals surface area contributed by atoms with E-state index in [2.05, 4.69) is 32.1 Å². The summed E-state index contributed by atoms with van der Waals surface area (Å²) in [7, 11) is 0. The van der Waals surface area contributed by atoms with Crippen molar-refractivity contribution in [2.24, 2.45) is 0 Å². The third-order valence-electron chi connectivity index (χ3n) is 4.34. The van der Waals surface area contributed by atoms with E-state index in [0.29, 0.717) is 29.8 Å². The summed E-state index contributed by atoms with van der Waals surface area (Å²) >= 11 is 0. The molecule has 6 N–H and O–H groups in total. The topological polar surface area (TPSA) is 139 Å². The summed E-state index contributed by atoms with van der Waals surface area (Å²) in [5, 5.41) is 2.73. The van der Waals surface area contributed by atoms with Gasteiger partial charge in [-0.05, 0) is 23.8 Å². The molecule has 0 aliphatic heterocycles. The second kappa shape index (κ2) is 6.56. The third kappa shape index (κ3) is 3.01. The van der Waals surface area contributed by atoms with Gasteiger partial charge in [0.15, 0.2) is 5.65 Å². The van der Waals surface area contributed by atoms with E-state index in [1.807, 2.05) is 31.2 Å². The number of fused-ring (bicyclic) bond motifs is 2. The van der Waals surface area contributed by atoms with Gasteiger partial charge in [0.25, 0.3) is 0 Å². The summed E-state index contributed by atoms with van der Waals surface area (Å²) in [6, 6.07) is 12.1. The second-order valence-electron chi connectivity index (χ2n) is 6.07. The van der Waals surface area contributed by atoms with E-state index in [-0.39, 0.29) is 17.7 Å². The zero-order valence-corrected chi connectivity index (χ0v) is 14.8. The van der Waals surface area contributed by atoms with Crippen LogP contribution < -0.4 is 21.9 Å². The molecule has 8 heteroatoms. The number of hydrogen-bond acceptors (Lipinski definition) is 8. The van der Waals surface area contributed by atoms with Gasteiger partial charge in [0.1, 0.15) is 11.6 Å². The zero-order chi connectivity index (χ0) is 19.0. The van der Waals surface area contributed by atoms with Crippen molar-refractivity contribution < 1.29 is 4.74 Å². The molecule has 136 valence electrons. The van der Waals surface area contributed by atoms with E-state index in [0.717, 1.165) is 22.1 Å². The van der Waals surface area contributed by atoms with Crippen molar-refractivity contribution >= 4 is 39.5 Å². The standard InChI is InChI=1S/C19H19N7O/c1-2-27-14-8-7-10-5-3-4-6-11(10)12(14)9-13-15-16(20)24-19(22)26-17(15)25-18(21)23-13/h3-8H,2,9H2,1H3,(H6,20,21,22,23,24,25,26). The lowest BCUT2D eigenvalue weighted by Gasteiger charge is -2.15. The van der Waals surface area contributed by atoms with Gasteiger partial charge in [-0.25, -0.2) is 4.98 Å². The molecule has 0 bridgehead atoms. The van der Waals surface area contributed by atoms with Crippen molar-refractivity contribution in [3.05, 3.63) is 47.7 Å². The molecule has 0 amide bonds. The maximum atomic E-state index is 6.09. The number of nitrogens with two attached hydrogens (primary N) is 3. The minimum Gasteiger partial charge on any atom is -0.494 e. The average molecular weight is 361 g/mol. The minimum atomic E-state index is 0.0456. The van der Waals surface area contributed by atoms with Crippen LogP contribution in [0, 0.1) is 0 Å². The number of anilines is 3. The van der Waals surface area contributed by atoms with Crippen LogP contribution >= 0.6 is 0 Å². The summed E-state index contributed by atoms with van der Waals surface area (Å²) in [4.78, 5) is 16.7. The molecule has 2 heterocycles. The number of nitrogens with zero attached hydrogens (tertiary/aromatic N) is 4. The number of nitrogen functional groups attached to an aromatic ring is 3. The van der Waals surface area contributed by atoms with Crippen LogP contribution in [0.5, 0.6) is 5.75 Å². The highest BCUT2D eigenvalue weighted by Crippen LogP contribution is 2.32. The Hall–Kier alpha value is -3.68. The van der Waals surface area contributed by atoms with Crippen molar-refractivity contribution in [3.8, 4) is 5.75 Å². The first kappa shape index (κ1) is 16.8. The van der Waals surface area contributed by atoms with Crippen LogP contribution in [-0.2, 0) is 6.42 Å². The van der Waals surface area contributed by atoms with Crippen molar-refractivity contribution in [2.45, 2.75) is 13.3 Å². The normalized spacial score (nSPS) is 11.1. The fraction of sp³-hybridized carbons (Fsp3) is 0.158. The lowest BCUT2D eigenvalue weighted by atomic mass is 9.98. The molecule has 2 aromatic carbocycles. The maximum Gasteiger partial charge on any atom is 0.224 e. The molecule has 0 aliphatic carbocycles. The van der Waals surface area contributed by atoms with Crippen LogP contribution in [0.1, 0.15) is 18.2 Å². The summed E-state index contributed by atoms with van der Waals surface area (Å²) in [6.07, 6.45) is 0.442. The third-order valence-corrected chi connectivity index (χ3v) is 4.34. The first-order valence-corrected chi connectivity index (χ1v) is 8.55. The van der Waals surface area contributed by atoms with Crippen LogP contribution in [0.25, 0.3) is 21.8 Å². The van der Waals surface area contributed by atoms with Crippen molar-refractivity contribution in [2.75, 3.05) is 23.8 Å². The Morgan fingerprint density at radius 2 is 1.63 bits per heavy atom. The maximum absolute atomic E-state index is 6.09. The van der Waals surface area contributed by atoms with Gasteiger partial charge in [-0.3, -0.25) is 0 Å². The van der Waals surface area contributed by atoms with Gasteiger partial charge in [0.05, 0.1) is 17.7 Å². The predicted molar refractivity (Wildman–Crippen MR) is 106 cm³/mol. The van der Waals surface area contributed by atoms with E-state index in [9.17, 15) is 0 Å². The molecule has 4 rings (SSSR count). The molecule has 2 aromatic heterocycles. The molecular weight excluding hydrogens is 342 g/mol. The number of hydrogen-bond donors (Lipinski definition) is 3. The summed E-state index contributed by atoms with van der Waals surface area (Å²) in [5.74, 6) is 1.17. The predicted octanol–water partition coefficient (Wildman–Crippen LogP) is 2.31. The summed E-state index contributed by atoms with van der Waals surface area (Å²) in [5.41, 5.74) is 19.6. The fourth-order valence-corrected chi connectivity index (χ4v) is 3.25. The van der Waals surface area contributed by atoms with Gasteiger partial charge in [-0.1, -0.05) is 30.3 Å². The largest absolute Gasteiger partial charge is 0.494 e. The number of rotatable bonds is 4. The number of ether oxygens (including phenoxy) is 1. The van der Waals surface area contributed by atoms with E-state index < -0.39 is 0 Å². The zero-order valence-electron chi connectivity index (χ0n) is 14.8. The average Bonchev–Trinajstić information content (AvgIpc) is 2.62. The Morgan fingerprint density at radius 1 is 0.889 bits per heavy atom. The summed E-state index contributed by atoms with van der Waals surface area (Å²) < 4.78 is 5.85. The lowest BCUT2D eigenvalue weighted by molar-refractivity contribution is 0.337. The Bertz CT molecular complexity index is 1150. The first-order chi connectivity index (χ1) is 13.1. The van der Waals surface area contributed by atoms with Crippen molar-refractivity contribution in [1.29, 1.82) is 0 Å². The molecule has 27 heavy (non-hydrogen) atoms. The van der Waals surface area contributed by atoms with E-state index in [1.54, 1.807) is 0 Å². The minimum absolute atomic E-state index is 0.0456. The van der Waals surface area contributed by atoms with E-state index in [1.165, 1.54) is 0 Å². The Morgan fingerprint density at radius 3 is 2.41 bits per heavy atom. The van der Waals surface area contributed by atoms with Gasteiger partial charge in [-0.2, -0.15) is 15.0 Å². The van der Waals surface area contributed by atoms with Gasteiger partial charge in [0.2, 0.25) is 11.9 Å². The molecule has 0 saturated carbocycles. The quantitative estimate of drug-likeness (QED) is 0.503. The highest BCUT2D eigenvalue weighted by Gasteiger charge is 2.17. The molecule has 4 aromatic rings. The molecule has 0 spiro atoms. The first-order valence-electron chi connectivity index (χ1n) is 8.55. The molecule has 0 radical (unpaired) electrons. The fourth-order valence-electron chi connectivity index (χ4n) is 3.25. The molecule has 0 atom stereocenters. The Kier molecular flexibility index (Phi) is 4.08. The second-order valence-corrected chi connectivity index (χ2v) is 6.07. The smallest absolute Gasteiger partial charge is 0.224 e. The summed E-state index contributed by atoms with van der Waals surface area (Å²) in [6.45, 7) is 2.51. The van der Waals surface area contributed by atoms with Gasteiger partial charge in [-0.15, -0.1) is 0 Å². The Balaban J connectivity index is 1.96. The van der Waals surface area contributed by atoms with Crippen LogP contribution in [0.15, 0.2) is 36.4 Å². The molecular formula is C19H19N7O. The van der Waals surface area contributed by atoms with Gasteiger partial charge in [0, 0.05) is 12.0 Å². The molecule has 0 saturated heterocycles. The van der Waals surface area contributed by atoms with Crippen molar-refractivity contribution in [1.82, 2.24) is 19.9 Å². The molecule has 8 nitrogen and oxygen atoms in total. The van der Waals surface area contributed by atoms with Crippen LogP contribution in [0.3, 0.4) is 0 Å². The van der Waals surface area contributed by atoms with E-state index >= 15 is 0 Å².